The Morgan fingerprint density at radius 2 is 1.77 bits per heavy atom. The summed E-state index contributed by atoms with van der Waals surface area (Å²) in [5.41, 5.74) is 0.135. The number of aliphatic hydroxyl groups is 1. The van der Waals surface area contributed by atoms with Crippen LogP contribution in [-0.2, 0) is 19.5 Å². The van der Waals surface area contributed by atoms with E-state index in [1.54, 1.807) is 52.9 Å². The summed E-state index contributed by atoms with van der Waals surface area (Å²) in [6, 6.07) is 4.97. The molecule has 1 aliphatic rings. The van der Waals surface area contributed by atoms with E-state index in [9.17, 15) is 18.3 Å². The predicted molar refractivity (Wildman–Crippen MR) is 153 cm³/mol. The lowest BCUT2D eigenvalue weighted by Crippen LogP contribution is -2.42. The van der Waals surface area contributed by atoms with Crippen LogP contribution in [0.2, 0.25) is 0 Å². The average Bonchev–Trinajstić information content (AvgIpc) is 3.27. The van der Waals surface area contributed by atoms with Gasteiger partial charge >= 0.3 is 6.09 Å². The molecule has 4 N–H and O–H groups in total. The van der Waals surface area contributed by atoms with Crippen LogP contribution in [0.15, 0.2) is 29.3 Å². The molecule has 1 fully saturated rings. The van der Waals surface area contributed by atoms with Crippen molar-refractivity contribution in [1.82, 2.24) is 15.0 Å². The molecule has 1 aromatic heterocycles. The highest BCUT2D eigenvalue weighted by molar-refractivity contribution is 7.89. The number of carbonyl (C=O) groups is 1. The second kappa shape index (κ2) is 13.0. The summed E-state index contributed by atoms with van der Waals surface area (Å²) in [6.07, 6.45) is 3.25. The molecular weight excluding hydrogens is 540 g/mol. The second-order valence-corrected chi connectivity index (χ2v) is 14.2. The Morgan fingerprint density at radius 3 is 2.36 bits per heavy atom. The third kappa shape index (κ3) is 9.51. The van der Waals surface area contributed by atoms with Crippen LogP contribution in [0.3, 0.4) is 0 Å². The van der Waals surface area contributed by atoms with Crippen molar-refractivity contribution in [1.29, 1.82) is 0 Å². The van der Waals surface area contributed by atoms with Gasteiger partial charge in [-0.3, -0.25) is 10.6 Å². The summed E-state index contributed by atoms with van der Waals surface area (Å²) in [5, 5.41) is 16.7. The van der Waals surface area contributed by atoms with Gasteiger partial charge in [-0.15, -0.1) is 11.3 Å². The van der Waals surface area contributed by atoms with Gasteiger partial charge in [0, 0.05) is 34.9 Å². The number of rotatable bonds is 10. The number of aromatic nitrogens is 1. The number of hydrogen-bond acceptors (Lipinski definition) is 9. The quantitative estimate of drug-likeness (QED) is 0.282. The standard InChI is InChI=1S/C27H42N4O6S2/c1-16(2)36-25(32)29-19-10-8-18(9-11-19)24-28-15-22(38-24)21-13-12-20(30-26(33)37-17(3)4)14-23(21)39(34,35)31-27(5,6)7/h12-19,25,29,31-32H,8-11H2,1-7H3,(H,30,33). The van der Waals surface area contributed by atoms with Crippen molar-refractivity contribution in [3.63, 3.8) is 0 Å². The smallest absolute Gasteiger partial charge is 0.411 e. The average molecular weight is 583 g/mol. The Labute approximate surface area is 236 Å². The SMILES string of the molecule is CC(C)OC(=O)Nc1ccc(-c2cnc(C3CCC(NC(O)OC(C)C)CC3)s2)c(S(=O)(=O)NC(C)(C)C)c1. The monoisotopic (exact) mass is 582 g/mol. The predicted octanol–water partition coefficient (Wildman–Crippen LogP) is 5.16. The largest absolute Gasteiger partial charge is 0.447 e. The van der Waals surface area contributed by atoms with Crippen molar-refractivity contribution in [2.45, 2.75) is 115 Å². The number of benzene rings is 1. The first-order valence-corrected chi connectivity index (χ1v) is 15.6. The first-order chi connectivity index (χ1) is 18.1. The molecule has 1 unspecified atom stereocenters. The highest BCUT2D eigenvalue weighted by atomic mass is 32.2. The van der Waals surface area contributed by atoms with Gasteiger partial charge in [-0.2, -0.15) is 0 Å². The Bertz CT molecular complexity index is 1220. The van der Waals surface area contributed by atoms with Crippen LogP contribution in [0.25, 0.3) is 10.4 Å². The zero-order chi connectivity index (χ0) is 29.0. The van der Waals surface area contributed by atoms with Crippen molar-refractivity contribution >= 4 is 33.1 Å². The Kier molecular flexibility index (Phi) is 10.5. The lowest BCUT2D eigenvalue weighted by Gasteiger charge is -2.30. The van der Waals surface area contributed by atoms with Gasteiger partial charge in [0.2, 0.25) is 16.4 Å². The molecule has 1 saturated carbocycles. The minimum Gasteiger partial charge on any atom is -0.447 e. The number of amides is 1. The highest BCUT2D eigenvalue weighted by Crippen LogP contribution is 2.40. The first kappa shape index (κ1) is 31.4. The molecule has 1 aromatic carbocycles. The van der Waals surface area contributed by atoms with E-state index in [-0.39, 0.29) is 29.1 Å². The molecule has 0 radical (unpaired) electrons. The lowest BCUT2D eigenvalue weighted by molar-refractivity contribution is -0.150. The molecule has 3 rings (SSSR count). The van der Waals surface area contributed by atoms with Gasteiger partial charge in [-0.05, 0) is 86.3 Å². The van der Waals surface area contributed by atoms with E-state index in [0.29, 0.717) is 11.3 Å². The molecule has 1 amide bonds. The number of aliphatic hydroxyl groups excluding tert-OH is 1. The van der Waals surface area contributed by atoms with Crippen LogP contribution >= 0.6 is 11.3 Å². The van der Waals surface area contributed by atoms with Crippen molar-refractivity contribution in [2.24, 2.45) is 0 Å². The van der Waals surface area contributed by atoms with E-state index in [4.69, 9.17) is 9.47 Å². The van der Waals surface area contributed by atoms with Gasteiger partial charge in [-0.1, -0.05) is 6.07 Å². The zero-order valence-corrected chi connectivity index (χ0v) is 25.4. The van der Waals surface area contributed by atoms with Gasteiger partial charge in [-0.25, -0.2) is 22.9 Å². The van der Waals surface area contributed by atoms with E-state index in [2.05, 4.69) is 20.3 Å². The molecular formula is C27H42N4O6S2. The summed E-state index contributed by atoms with van der Waals surface area (Å²) >= 11 is 1.48. The molecule has 39 heavy (non-hydrogen) atoms. The van der Waals surface area contributed by atoms with Crippen molar-refractivity contribution < 1.29 is 27.8 Å². The minimum atomic E-state index is -3.93. The molecule has 1 heterocycles. The summed E-state index contributed by atoms with van der Waals surface area (Å²) in [7, 11) is -3.93. The van der Waals surface area contributed by atoms with E-state index < -0.39 is 28.1 Å². The van der Waals surface area contributed by atoms with E-state index in [0.717, 1.165) is 35.6 Å². The maximum Gasteiger partial charge on any atom is 0.411 e. The lowest BCUT2D eigenvalue weighted by atomic mass is 9.86. The van der Waals surface area contributed by atoms with Gasteiger partial charge in [0.05, 0.1) is 27.0 Å². The van der Waals surface area contributed by atoms with Gasteiger partial charge in [0.25, 0.3) is 0 Å². The maximum atomic E-state index is 13.4. The molecule has 218 valence electrons. The first-order valence-electron chi connectivity index (χ1n) is 13.3. The summed E-state index contributed by atoms with van der Waals surface area (Å²) in [4.78, 5) is 17.6. The molecule has 0 aliphatic heterocycles. The molecule has 0 bridgehead atoms. The van der Waals surface area contributed by atoms with Crippen LogP contribution in [0.5, 0.6) is 0 Å². The maximum absolute atomic E-state index is 13.4. The Morgan fingerprint density at radius 1 is 1.10 bits per heavy atom. The van der Waals surface area contributed by atoms with Gasteiger partial charge < -0.3 is 14.6 Å². The van der Waals surface area contributed by atoms with Crippen LogP contribution in [0.4, 0.5) is 10.5 Å². The Balaban J connectivity index is 1.82. The molecule has 12 heteroatoms. The molecule has 1 aliphatic carbocycles. The fourth-order valence-corrected chi connectivity index (χ4v) is 7.31. The van der Waals surface area contributed by atoms with E-state index in [1.807, 2.05) is 13.8 Å². The topological polar surface area (TPSA) is 139 Å². The number of anilines is 1. The number of sulfonamides is 1. The van der Waals surface area contributed by atoms with E-state index in [1.165, 1.54) is 17.4 Å². The number of ether oxygens (including phenoxy) is 2. The van der Waals surface area contributed by atoms with E-state index >= 15 is 0 Å². The zero-order valence-electron chi connectivity index (χ0n) is 23.8. The van der Waals surface area contributed by atoms with Crippen molar-refractivity contribution in [3.05, 3.63) is 29.4 Å². The van der Waals surface area contributed by atoms with Crippen LogP contribution in [-0.4, -0.2) is 54.8 Å². The fraction of sp³-hybridized carbons (Fsp3) is 0.630. The number of nitrogens with one attached hydrogen (secondary N) is 3. The second-order valence-electron chi connectivity index (χ2n) is 11.5. The number of hydrogen-bond donors (Lipinski definition) is 4. The van der Waals surface area contributed by atoms with Crippen LogP contribution < -0.4 is 15.4 Å². The summed E-state index contributed by atoms with van der Waals surface area (Å²) in [5.74, 6) is 0.254. The molecule has 0 spiro atoms. The third-order valence-corrected chi connectivity index (χ3v) is 8.94. The number of carbonyl (C=O) groups excluding carboxylic acids is 1. The van der Waals surface area contributed by atoms with Gasteiger partial charge in [0.15, 0.2) is 0 Å². The van der Waals surface area contributed by atoms with Gasteiger partial charge in [0.1, 0.15) is 0 Å². The Hall–Kier alpha value is -2.09. The third-order valence-electron chi connectivity index (χ3n) is 5.95. The molecule has 2 aromatic rings. The molecule has 1 atom stereocenters. The van der Waals surface area contributed by atoms with Crippen molar-refractivity contribution in [2.75, 3.05) is 5.32 Å². The normalized spacial score (nSPS) is 19.3. The summed E-state index contributed by atoms with van der Waals surface area (Å²) in [6.45, 7) is 12.6. The number of thiazole rings is 1. The highest BCUT2D eigenvalue weighted by Gasteiger charge is 2.29. The molecule has 10 nitrogen and oxygen atoms in total. The fourth-order valence-electron chi connectivity index (χ4n) is 4.45. The molecule has 0 saturated heterocycles. The van der Waals surface area contributed by atoms with Crippen LogP contribution in [0.1, 0.15) is 85.1 Å². The van der Waals surface area contributed by atoms with Crippen molar-refractivity contribution in [3.8, 4) is 10.4 Å². The van der Waals surface area contributed by atoms with Crippen LogP contribution in [0, 0.1) is 0 Å². The minimum absolute atomic E-state index is 0.0574. The summed E-state index contributed by atoms with van der Waals surface area (Å²) < 4.78 is 40.1. The number of nitrogens with zero attached hydrogens (tertiary/aromatic N) is 1.